The largest absolute Gasteiger partial charge is 0.313 e. The van der Waals surface area contributed by atoms with Crippen LogP contribution >= 0.6 is 0 Å². The van der Waals surface area contributed by atoms with Crippen LogP contribution in [0.4, 0.5) is 0 Å². The Balaban J connectivity index is 1.41. The maximum absolute atomic E-state index is 4.05. The zero-order valence-electron chi connectivity index (χ0n) is 12.1. The van der Waals surface area contributed by atoms with E-state index in [4.69, 9.17) is 0 Å². The maximum atomic E-state index is 4.05. The minimum atomic E-state index is 0.689. The predicted molar refractivity (Wildman–Crippen MR) is 75.3 cm³/mol. The summed E-state index contributed by atoms with van der Waals surface area (Å²) in [5, 5.41) is 4.05. The topological polar surface area (TPSA) is 12.0 Å². The summed E-state index contributed by atoms with van der Waals surface area (Å²) < 4.78 is 0. The summed E-state index contributed by atoms with van der Waals surface area (Å²) in [6.45, 7) is 6.16. The Morgan fingerprint density at radius 3 is 1.94 bits per heavy atom. The summed E-state index contributed by atoms with van der Waals surface area (Å²) in [4.78, 5) is 0. The Labute approximate surface area is 112 Å². The van der Waals surface area contributed by atoms with Crippen molar-refractivity contribution in [2.24, 2.45) is 35.0 Å². The van der Waals surface area contributed by atoms with E-state index in [1.165, 1.54) is 19.4 Å². The van der Waals surface area contributed by atoms with E-state index < -0.39 is 0 Å². The van der Waals surface area contributed by atoms with E-state index in [2.05, 4.69) is 19.2 Å². The molecule has 0 aliphatic heterocycles. The van der Waals surface area contributed by atoms with Crippen LogP contribution in [0.2, 0.25) is 0 Å². The van der Waals surface area contributed by atoms with Gasteiger partial charge in [0.05, 0.1) is 0 Å². The molecule has 0 aromatic rings. The molecule has 5 fully saturated rings. The molecule has 0 atom stereocenters. The quantitative estimate of drug-likeness (QED) is 0.796. The van der Waals surface area contributed by atoms with Crippen molar-refractivity contribution in [1.82, 2.24) is 5.32 Å². The molecule has 0 aromatic carbocycles. The molecule has 1 N–H and O–H groups in total. The van der Waals surface area contributed by atoms with Gasteiger partial charge in [0.15, 0.2) is 0 Å². The van der Waals surface area contributed by atoms with Gasteiger partial charge in [-0.05, 0) is 80.0 Å². The average molecular weight is 247 g/mol. The van der Waals surface area contributed by atoms with Crippen LogP contribution in [0.3, 0.4) is 0 Å². The normalized spacial score (nSPS) is 47.8. The van der Waals surface area contributed by atoms with Gasteiger partial charge in [-0.25, -0.2) is 0 Å². The Bertz CT molecular complexity index is 301. The first kappa shape index (κ1) is 11.8. The fourth-order valence-electron chi connectivity index (χ4n) is 5.70. The second kappa shape index (κ2) is 3.98. The third-order valence-corrected chi connectivity index (χ3v) is 7.03. The highest BCUT2D eigenvalue weighted by molar-refractivity contribution is 5.04. The molecule has 0 radical (unpaired) electrons. The van der Waals surface area contributed by atoms with Gasteiger partial charge in [0.25, 0.3) is 0 Å². The van der Waals surface area contributed by atoms with Crippen molar-refractivity contribution in [3.63, 3.8) is 0 Å². The molecule has 0 amide bonds. The smallest absolute Gasteiger partial charge is 0.0124 e. The molecular weight excluding hydrogens is 218 g/mol. The fourth-order valence-corrected chi connectivity index (χ4v) is 5.70. The second-order valence-corrected chi connectivity index (χ2v) is 8.35. The number of hydrogen-bond acceptors (Lipinski definition) is 1. The molecular formula is C17H29N. The van der Waals surface area contributed by atoms with Crippen molar-refractivity contribution in [1.29, 1.82) is 0 Å². The Kier molecular flexibility index (Phi) is 2.60. The summed E-state index contributed by atoms with van der Waals surface area (Å²) in [7, 11) is 0. The highest BCUT2D eigenvalue weighted by Gasteiger charge is 2.50. The molecule has 5 rings (SSSR count). The van der Waals surface area contributed by atoms with Crippen LogP contribution in [-0.2, 0) is 0 Å². The van der Waals surface area contributed by atoms with Crippen LogP contribution in [0.1, 0.15) is 58.8 Å². The second-order valence-electron chi connectivity index (χ2n) is 8.35. The summed E-state index contributed by atoms with van der Waals surface area (Å²) in [6, 6.07) is 0.897. The molecule has 5 aliphatic rings. The zero-order chi connectivity index (χ0) is 12.3. The SMILES string of the molecule is CC(C)C1(CNC2C3CC4CC(C3)CC2C4)CC1. The first-order chi connectivity index (χ1) is 8.66. The van der Waals surface area contributed by atoms with Crippen molar-refractivity contribution in [2.45, 2.75) is 64.8 Å². The summed E-state index contributed by atoms with van der Waals surface area (Å²) >= 11 is 0. The summed E-state index contributed by atoms with van der Waals surface area (Å²) in [6.07, 6.45) is 10.8. The van der Waals surface area contributed by atoms with Gasteiger partial charge in [-0.2, -0.15) is 0 Å². The van der Waals surface area contributed by atoms with Gasteiger partial charge < -0.3 is 5.32 Å². The lowest BCUT2D eigenvalue weighted by Crippen LogP contribution is -2.55. The first-order valence-corrected chi connectivity index (χ1v) is 8.40. The molecule has 1 heteroatoms. The lowest BCUT2D eigenvalue weighted by molar-refractivity contribution is -0.0159. The Hall–Kier alpha value is -0.0400. The number of rotatable bonds is 4. The maximum Gasteiger partial charge on any atom is 0.0124 e. The lowest BCUT2D eigenvalue weighted by atomic mass is 9.54. The minimum absolute atomic E-state index is 0.689. The van der Waals surface area contributed by atoms with E-state index in [1.807, 2.05) is 0 Å². The van der Waals surface area contributed by atoms with Gasteiger partial charge in [0.2, 0.25) is 0 Å². The molecule has 0 unspecified atom stereocenters. The van der Waals surface area contributed by atoms with Crippen molar-refractivity contribution < 1.29 is 0 Å². The molecule has 18 heavy (non-hydrogen) atoms. The van der Waals surface area contributed by atoms with Crippen LogP contribution in [0, 0.1) is 35.0 Å². The third-order valence-electron chi connectivity index (χ3n) is 7.03. The van der Waals surface area contributed by atoms with Crippen molar-refractivity contribution in [2.75, 3.05) is 6.54 Å². The van der Waals surface area contributed by atoms with Crippen LogP contribution in [0.15, 0.2) is 0 Å². The molecule has 1 nitrogen and oxygen atoms in total. The van der Waals surface area contributed by atoms with Crippen LogP contribution < -0.4 is 5.32 Å². The van der Waals surface area contributed by atoms with Gasteiger partial charge in [-0.1, -0.05) is 13.8 Å². The number of hydrogen-bond donors (Lipinski definition) is 1. The summed E-state index contributed by atoms with van der Waals surface area (Å²) in [5.74, 6) is 5.20. The molecule has 5 saturated carbocycles. The van der Waals surface area contributed by atoms with Crippen molar-refractivity contribution in [3.05, 3.63) is 0 Å². The van der Waals surface area contributed by atoms with Crippen molar-refractivity contribution >= 4 is 0 Å². The fraction of sp³-hybridized carbons (Fsp3) is 1.00. The van der Waals surface area contributed by atoms with E-state index in [-0.39, 0.29) is 0 Å². The van der Waals surface area contributed by atoms with E-state index >= 15 is 0 Å². The molecule has 102 valence electrons. The molecule has 0 heterocycles. The van der Waals surface area contributed by atoms with E-state index in [0.717, 1.165) is 35.6 Å². The zero-order valence-corrected chi connectivity index (χ0v) is 12.1. The predicted octanol–water partition coefficient (Wildman–Crippen LogP) is 3.84. The highest BCUT2D eigenvalue weighted by Crippen LogP contribution is 2.55. The molecule has 4 bridgehead atoms. The van der Waals surface area contributed by atoms with E-state index in [1.54, 1.807) is 32.1 Å². The Morgan fingerprint density at radius 1 is 0.944 bits per heavy atom. The molecule has 0 saturated heterocycles. The number of nitrogens with one attached hydrogen (secondary N) is 1. The van der Waals surface area contributed by atoms with Gasteiger partial charge in [-0.3, -0.25) is 0 Å². The monoisotopic (exact) mass is 247 g/mol. The average Bonchev–Trinajstić information content (AvgIpc) is 3.08. The summed E-state index contributed by atoms with van der Waals surface area (Å²) in [5.41, 5.74) is 0.689. The van der Waals surface area contributed by atoms with Crippen LogP contribution in [-0.4, -0.2) is 12.6 Å². The molecule has 0 aromatic heterocycles. The Morgan fingerprint density at radius 2 is 1.50 bits per heavy atom. The van der Waals surface area contributed by atoms with Gasteiger partial charge in [0.1, 0.15) is 0 Å². The van der Waals surface area contributed by atoms with Gasteiger partial charge in [-0.15, -0.1) is 0 Å². The van der Waals surface area contributed by atoms with E-state index in [9.17, 15) is 0 Å². The van der Waals surface area contributed by atoms with Crippen molar-refractivity contribution in [3.8, 4) is 0 Å². The van der Waals surface area contributed by atoms with Gasteiger partial charge in [0, 0.05) is 12.6 Å². The van der Waals surface area contributed by atoms with Crippen LogP contribution in [0.25, 0.3) is 0 Å². The molecule has 0 spiro atoms. The van der Waals surface area contributed by atoms with Crippen LogP contribution in [0.5, 0.6) is 0 Å². The minimum Gasteiger partial charge on any atom is -0.313 e. The lowest BCUT2D eigenvalue weighted by Gasteiger charge is -2.55. The third kappa shape index (κ3) is 1.77. The van der Waals surface area contributed by atoms with Gasteiger partial charge >= 0.3 is 0 Å². The first-order valence-electron chi connectivity index (χ1n) is 8.40. The van der Waals surface area contributed by atoms with E-state index in [0.29, 0.717) is 5.41 Å². The standard InChI is InChI=1S/C17H29N/c1-11(2)17(3-4-17)10-18-16-14-6-12-5-13(8-14)9-15(16)7-12/h11-16,18H,3-10H2,1-2H3. The molecule has 5 aliphatic carbocycles. The highest BCUT2D eigenvalue weighted by atomic mass is 15.0.